The molecule has 0 unspecified atom stereocenters. The van der Waals surface area contributed by atoms with Crippen LogP contribution in [0.4, 0.5) is 5.82 Å². The van der Waals surface area contributed by atoms with Crippen LogP contribution in [0, 0.1) is 18.3 Å². The van der Waals surface area contributed by atoms with Crippen LogP contribution in [0.15, 0.2) is 4.79 Å². The Morgan fingerprint density at radius 3 is 2.62 bits per heavy atom. The van der Waals surface area contributed by atoms with Crippen molar-refractivity contribution >= 4 is 17.4 Å². The fraction of sp³-hybridized carbons (Fsp3) is 0.250. The van der Waals surface area contributed by atoms with Gasteiger partial charge in [0, 0.05) is 12.6 Å². The molecule has 0 saturated heterocycles. The molecule has 0 spiro atoms. The third kappa shape index (κ3) is 1.27. The van der Waals surface area contributed by atoms with Gasteiger partial charge in [-0.15, -0.1) is 0 Å². The molecular weight excluding hydrogens is 190 g/mol. The van der Waals surface area contributed by atoms with Crippen LogP contribution in [-0.2, 0) is 7.05 Å². The monoisotopic (exact) mass is 197 g/mol. The van der Waals surface area contributed by atoms with Gasteiger partial charge in [0.2, 0.25) is 0 Å². The highest BCUT2D eigenvalue weighted by Gasteiger charge is 2.13. The molecule has 0 aliphatic rings. The van der Waals surface area contributed by atoms with Crippen LogP contribution in [0.2, 0.25) is 5.02 Å². The molecule has 4 nitrogen and oxygen atoms in total. The van der Waals surface area contributed by atoms with E-state index in [0.29, 0.717) is 5.56 Å². The number of nitrogens with two attached hydrogens (primary N) is 1. The first-order chi connectivity index (χ1) is 6.00. The van der Waals surface area contributed by atoms with E-state index in [0.717, 1.165) is 0 Å². The fourth-order valence-corrected chi connectivity index (χ4v) is 1.25. The summed E-state index contributed by atoms with van der Waals surface area (Å²) in [6.45, 7) is 1.56. The van der Waals surface area contributed by atoms with E-state index in [1.165, 1.54) is 11.6 Å². The third-order valence-corrected chi connectivity index (χ3v) is 2.38. The predicted molar refractivity (Wildman–Crippen MR) is 50.6 cm³/mol. The Morgan fingerprint density at radius 2 is 2.15 bits per heavy atom. The van der Waals surface area contributed by atoms with Gasteiger partial charge in [-0.1, -0.05) is 11.6 Å². The average Bonchev–Trinajstić information content (AvgIpc) is 2.13. The van der Waals surface area contributed by atoms with Gasteiger partial charge >= 0.3 is 0 Å². The summed E-state index contributed by atoms with van der Waals surface area (Å²) in [5.41, 5.74) is 5.74. The summed E-state index contributed by atoms with van der Waals surface area (Å²) < 4.78 is 1.21. The second kappa shape index (κ2) is 3.11. The maximum atomic E-state index is 11.4. The van der Waals surface area contributed by atoms with Crippen LogP contribution >= 0.6 is 11.6 Å². The van der Waals surface area contributed by atoms with Crippen LogP contribution in [0.5, 0.6) is 0 Å². The number of hydrogen-bond acceptors (Lipinski definition) is 3. The largest absolute Gasteiger partial charge is 0.384 e. The molecule has 0 aromatic carbocycles. The van der Waals surface area contributed by atoms with Gasteiger partial charge in [-0.2, -0.15) is 5.26 Å². The Hall–Kier alpha value is -1.47. The molecule has 5 heteroatoms. The predicted octanol–water partition coefficient (Wildman–Crippen LogP) is 0.801. The Bertz CT molecular complexity index is 424. The summed E-state index contributed by atoms with van der Waals surface area (Å²) in [4.78, 5) is 11.4. The molecule has 0 fully saturated rings. The third-order valence-electron chi connectivity index (χ3n) is 1.90. The highest BCUT2D eigenvalue weighted by molar-refractivity contribution is 6.32. The molecule has 1 aromatic rings. The van der Waals surface area contributed by atoms with Crippen molar-refractivity contribution < 1.29 is 0 Å². The molecule has 1 rings (SSSR count). The minimum Gasteiger partial charge on any atom is -0.384 e. The van der Waals surface area contributed by atoms with E-state index < -0.39 is 0 Å². The lowest BCUT2D eigenvalue weighted by atomic mass is 10.2. The summed E-state index contributed by atoms with van der Waals surface area (Å²) in [6, 6.07) is 1.86. The summed E-state index contributed by atoms with van der Waals surface area (Å²) >= 11 is 5.76. The first-order valence-corrected chi connectivity index (χ1v) is 3.93. The zero-order chi connectivity index (χ0) is 10.2. The summed E-state index contributed by atoms with van der Waals surface area (Å²) in [5.74, 6) is 0.100. The Labute approximate surface area is 80.2 Å². The standard InChI is InChI=1S/C8H8ClN3O/c1-4-6(9)5(3-10)7(11)12(2)8(4)13/h11H2,1-2H3. The van der Waals surface area contributed by atoms with E-state index in [1.807, 2.05) is 6.07 Å². The van der Waals surface area contributed by atoms with Gasteiger partial charge in [0.05, 0.1) is 5.02 Å². The second-order valence-corrected chi connectivity index (χ2v) is 3.05. The molecule has 0 aliphatic heterocycles. The second-order valence-electron chi connectivity index (χ2n) is 2.68. The number of halogens is 1. The molecule has 1 heterocycles. The van der Waals surface area contributed by atoms with Gasteiger partial charge in [0.15, 0.2) is 0 Å². The number of nitrogen functional groups attached to an aromatic ring is 1. The fourth-order valence-electron chi connectivity index (χ4n) is 1.03. The number of aromatic nitrogens is 1. The first-order valence-electron chi connectivity index (χ1n) is 3.55. The molecule has 13 heavy (non-hydrogen) atoms. The van der Waals surface area contributed by atoms with E-state index in [-0.39, 0.29) is 22.0 Å². The van der Waals surface area contributed by atoms with Crippen molar-refractivity contribution in [3.8, 4) is 6.07 Å². The molecule has 1 aromatic heterocycles. The molecule has 2 N–H and O–H groups in total. The van der Waals surface area contributed by atoms with Crippen LogP contribution in [-0.4, -0.2) is 4.57 Å². The van der Waals surface area contributed by atoms with Gasteiger partial charge in [-0.05, 0) is 6.92 Å². The maximum absolute atomic E-state index is 11.4. The lowest BCUT2D eigenvalue weighted by molar-refractivity contribution is 0.860. The number of rotatable bonds is 0. The van der Waals surface area contributed by atoms with Gasteiger partial charge in [0.1, 0.15) is 17.5 Å². The van der Waals surface area contributed by atoms with Gasteiger partial charge in [-0.25, -0.2) is 0 Å². The number of nitrogens with zero attached hydrogens (tertiary/aromatic N) is 2. The zero-order valence-electron chi connectivity index (χ0n) is 7.26. The highest BCUT2D eigenvalue weighted by Crippen LogP contribution is 2.21. The van der Waals surface area contributed by atoms with Gasteiger partial charge in [-0.3, -0.25) is 9.36 Å². The maximum Gasteiger partial charge on any atom is 0.256 e. The smallest absolute Gasteiger partial charge is 0.256 e. The van der Waals surface area contributed by atoms with E-state index in [1.54, 1.807) is 6.92 Å². The number of anilines is 1. The van der Waals surface area contributed by atoms with Crippen molar-refractivity contribution in [1.29, 1.82) is 5.26 Å². The van der Waals surface area contributed by atoms with Crippen molar-refractivity contribution in [3.63, 3.8) is 0 Å². The summed E-state index contributed by atoms with van der Waals surface area (Å²) in [6.07, 6.45) is 0. The number of pyridine rings is 1. The lowest BCUT2D eigenvalue weighted by Crippen LogP contribution is -2.23. The van der Waals surface area contributed by atoms with Crippen LogP contribution in [0.1, 0.15) is 11.1 Å². The Kier molecular flexibility index (Phi) is 2.30. The normalized spacial score (nSPS) is 9.69. The van der Waals surface area contributed by atoms with Crippen LogP contribution in [0.3, 0.4) is 0 Å². The van der Waals surface area contributed by atoms with Gasteiger partial charge in [0.25, 0.3) is 5.56 Å². The van der Waals surface area contributed by atoms with Crippen molar-refractivity contribution in [2.45, 2.75) is 6.92 Å². The Balaban J connectivity index is 3.80. The van der Waals surface area contributed by atoms with E-state index >= 15 is 0 Å². The molecule has 0 radical (unpaired) electrons. The SMILES string of the molecule is Cc1c(Cl)c(C#N)c(N)n(C)c1=O. The minimum absolute atomic E-state index is 0.100. The van der Waals surface area contributed by atoms with E-state index in [4.69, 9.17) is 22.6 Å². The van der Waals surface area contributed by atoms with Crippen molar-refractivity contribution in [3.05, 3.63) is 26.5 Å². The van der Waals surface area contributed by atoms with E-state index in [2.05, 4.69) is 0 Å². The lowest BCUT2D eigenvalue weighted by Gasteiger charge is -2.08. The molecule has 0 saturated carbocycles. The first kappa shape index (κ1) is 9.62. The Morgan fingerprint density at radius 1 is 1.62 bits per heavy atom. The van der Waals surface area contributed by atoms with Crippen LogP contribution in [0.25, 0.3) is 0 Å². The zero-order valence-corrected chi connectivity index (χ0v) is 8.01. The molecule has 0 bridgehead atoms. The highest BCUT2D eigenvalue weighted by atomic mass is 35.5. The number of hydrogen-bond donors (Lipinski definition) is 1. The molecule has 68 valence electrons. The van der Waals surface area contributed by atoms with Crippen molar-refractivity contribution in [2.24, 2.45) is 7.05 Å². The van der Waals surface area contributed by atoms with Crippen molar-refractivity contribution in [2.75, 3.05) is 5.73 Å². The van der Waals surface area contributed by atoms with Gasteiger partial charge < -0.3 is 5.73 Å². The molecule has 0 aliphatic carbocycles. The van der Waals surface area contributed by atoms with E-state index in [9.17, 15) is 4.79 Å². The molecular formula is C8H8ClN3O. The summed E-state index contributed by atoms with van der Waals surface area (Å²) in [7, 11) is 1.50. The summed E-state index contributed by atoms with van der Waals surface area (Å²) in [5, 5.41) is 8.85. The minimum atomic E-state index is -0.276. The van der Waals surface area contributed by atoms with Crippen LogP contribution < -0.4 is 11.3 Å². The quantitative estimate of drug-likeness (QED) is 0.669. The average molecular weight is 198 g/mol. The topological polar surface area (TPSA) is 71.8 Å². The van der Waals surface area contributed by atoms with Crippen molar-refractivity contribution in [1.82, 2.24) is 4.57 Å². The number of nitriles is 1. The molecule has 0 amide bonds. The molecule has 0 atom stereocenters.